The van der Waals surface area contributed by atoms with E-state index in [4.69, 9.17) is 4.74 Å². The lowest BCUT2D eigenvalue weighted by atomic mass is 9.74. The van der Waals surface area contributed by atoms with E-state index < -0.39 is 15.5 Å². The molecule has 1 N–H and O–H groups in total. The number of carbonyl (C=O) groups excluding carboxylic acids is 1. The molecule has 7 heteroatoms. The predicted molar refractivity (Wildman–Crippen MR) is 163 cm³/mol. The van der Waals surface area contributed by atoms with Crippen molar-refractivity contribution in [3.05, 3.63) is 124 Å². The molecule has 1 unspecified atom stereocenters. The van der Waals surface area contributed by atoms with Crippen molar-refractivity contribution in [1.82, 2.24) is 0 Å². The van der Waals surface area contributed by atoms with Crippen LogP contribution in [-0.2, 0) is 22.0 Å². The van der Waals surface area contributed by atoms with Crippen LogP contribution in [0.3, 0.4) is 0 Å². The molecule has 0 fully saturated rings. The molecule has 0 saturated heterocycles. The van der Waals surface area contributed by atoms with Crippen LogP contribution >= 0.6 is 22.6 Å². The van der Waals surface area contributed by atoms with Gasteiger partial charge in [-0.05, 0) is 66.8 Å². The third-order valence-electron chi connectivity index (χ3n) is 7.18. The van der Waals surface area contributed by atoms with Crippen LogP contribution in [0.2, 0.25) is 0 Å². The highest BCUT2D eigenvalue weighted by atomic mass is 127. The number of hydrogen-bond donors (Lipinski definition) is 1. The third kappa shape index (κ3) is 6.42. The van der Waals surface area contributed by atoms with Gasteiger partial charge in [0.2, 0.25) is 0 Å². The van der Waals surface area contributed by atoms with Crippen molar-refractivity contribution in [2.75, 3.05) is 4.43 Å². The fourth-order valence-electron chi connectivity index (χ4n) is 4.62. The number of ketones is 1. The summed E-state index contributed by atoms with van der Waals surface area (Å²) in [6, 6.07) is 27.4. The smallest absolute Gasteiger partial charge is 0.298 e. The Labute approximate surface area is 244 Å². The van der Waals surface area contributed by atoms with E-state index in [0.717, 1.165) is 27.5 Å². The molecular formula is C32H31IO5S. The van der Waals surface area contributed by atoms with E-state index >= 15 is 0 Å². The Balaban J connectivity index is 1.76. The summed E-state index contributed by atoms with van der Waals surface area (Å²) in [5, 5.41) is 0. The maximum Gasteiger partial charge on any atom is 0.298 e. The van der Waals surface area contributed by atoms with Gasteiger partial charge < -0.3 is 4.74 Å². The quantitative estimate of drug-likeness (QED) is 0.0813. The summed E-state index contributed by atoms with van der Waals surface area (Å²) in [6.07, 6.45) is 1.27. The Bertz CT molecular complexity index is 1560. The molecule has 0 bridgehead atoms. The fraction of sp³-hybridized carbons (Fsp3) is 0.219. The first kappa shape index (κ1) is 29.0. The van der Waals surface area contributed by atoms with Crippen LogP contribution in [0.1, 0.15) is 58.4 Å². The molecule has 0 aromatic heterocycles. The summed E-state index contributed by atoms with van der Waals surface area (Å²) in [4.78, 5) is 12.6. The Morgan fingerprint density at radius 2 is 1.49 bits per heavy atom. The Morgan fingerprint density at radius 3 is 2.03 bits per heavy atom. The topological polar surface area (TPSA) is 80.7 Å². The van der Waals surface area contributed by atoms with Crippen LogP contribution in [0.25, 0.3) is 0 Å². The van der Waals surface area contributed by atoms with E-state index in [1.807, 2.05) is 55.5 Å². The molecule has 0 saturated carbocycles. The van der Waals surface area contributed by atoms with Crippen LogP contribution in [0.4, 0.5) is 0 Å². The molecule has 5 nitrogen and oxygen atoms in total. The Kier molecular flexibility index (Phi) is 8.93. The predicted octanol–water partition coefficient (Wildman–Crippen LogP) is 7.96. The van der Waals surface area contributed by atoms with Gasteiger partial charge in [0.1, 0.15) is 10.6 Å². The zero-order valence-corrected chi connectivity index (χ0v) is 25.1. The summed E-state index contributed by atoms with van der Waals surface area (Å²) < 4.78 is 42.4. The van der Waals surface area contributed by atoms with E-state index in [1.165, 1.54) is 6.07 Å². The van der Waals surface area contributed by atoms with Gasteiger partial charge in [-0.2, -0.15) is 8.42 Å². The van der Waals surface area contributed by atoms with Crippen molar-refractivity contribution in [2.24, 2.45) is 0 Å². The number of halogens is 1. The molecule has 1 atom stereocenters. The molecule has 0 aliphatic carbocycles. The summed E-state index contributed by atoms with van der Waals surface area (Å²) >= 11 is 2.24. The van der Waals surface area contributed by atoms with Crippen LogP contribution in [0.15, 0.2) is 95.9 Å². The van der Waals surface area contributed by atoms with Gasteiger partial charge in [0.15, 0.2) is 11.5 Å². The standard InChI is InChI=1S/C32H31IO5S/c1-4-32(3,26-8-6-5-7-9-26)27-20-25(18-19-33)31(29(21-27)39(35,36)37)38-28-16-14-24(15-17-28)30(34)23-12-10-22(2)11-13-23/h5-17,20-21H,4,18-19H2,1-3H3,(H,35,36,37). The SMILES string of the molecule is CCC(C)(c1ccccc1)c1cc(CCI)c(Oc2ccc(C(=O)c3ccc(C)cc3)cc2)c(S(=O)(=O)O)c1. The highest BCUT2D eigenvalue weighted by molar-refractivity contribution is 14.1. The van der Waals surface area contributed by atoms with Crippen LogP contribution in [0.5, 0.6) is 11.5 Å². The van der Waals surface area contributed by atoms with Crippen molar-refractivity contribution in [2.45, 2.75) is 43.9 Å². The lowest BCUT2D eigenvalue weighted by Gasteiger charge is -2.31. The Hall–Kier alpha value is -3.01. The lowest BCUT2D eigenvalue weighted by Crippen LogP contribution is -2.23. The Morgan fingerprint density at radius 1 is 0.897 bits per heavy atom. The highest BCUT2D eigenvalue weighted by Gasteiger charge is 2.31. The van der Waals surface area contributed by atoms with Gasteiger partial charge in [0, 0.05) is 21.0 Å². The maximum atomic E-state index is 12.9. The largest absolute Gasteiger partial charge is 0.456 e. The zero-order chi connectivity index (χ0) is 28.2. The monoisotopic (exact) mass is 654 g/mol. The van der Waals surface area contributed by atoms with Crippen LogP contribution in [-0.4, -0.2) is 23.2 Å². The zero-order valence-electron chi connectivity index (χ0n) is 22.1. The second-order valence-electron chi connectivity index (χ2n) is 9.75. The highest BCUT2D eigenvalue weighted by Crippen LogP contribution is 2.41. The number of aryl methyl sites for hydroxylation is 2. The molecule has 0 spiro atoms. The van der Waals surface area contributed by atoms with Gasteiger partial charge in [-0.3, -0.25) is 9.35 Å². The van der Waals surface area contributed by atoms with E-state index in [9.17, 15) is 17.8 Å². The second-order valence-corrected chi connectivity index (χ2v) is 12.2. The molecule has 0 aliphatic rings. The van der Waals surface area contributed by atoms with Crippen molar-refractivity contribution in [3.8, 4) is 11.5 Å². The van der Waals surface area contributed by atoms with Crippen molar-refractivity contribution in [3.63, 3.8) is 0 Å². The number of hydrogen-bond acceptors (Lipinski definition) is 4. The molecule has 4 aromatic carbocycles. The number of carbonyl (C=O) groups is 1. The number of rotatable bonds is 10. The van der Waals surface area contributed by atoms with Gasteiger partial charge in [-0.15, -0.1) is 0 Å². The summed E-state index contributed by atoms with van der Waals surface area (Å²) in [7, 11) is -4.61. The number of alkyl halides is 1. The van der Waals surface area contributed by atoms with Gasteiger partial charge in [-0.1, -0.05) is 103 Å². The summed E-state index contributed by atoms with van der Waals surface area (Å²) in [5.74, 6) is 0.348. The van der Waals surface area contributed by atoms with E-state index in [2.05, 4.69) is 36.4 Å². The summed E-state index contributed by atoms with van der Waals surface area (Å²) in [6.45, 7) is 6.09. The van der Waals surface area contributed by atoms with Gasteiger partial charge in [0.05, 0.1) is 0 Å². The number of ether oxygens (including phenoxy) is 1. The van der Waals surface area contributed by atoms with Gasteiger partial charge >= 0.3 is 0 Å². The van der Waals surface area contributed by atoms with Crippen LogP contribution < -0.4 is 4.74 Å². The molecule has 202 valence electrons. The van der Waals surface area contributed by atoms with Crippen molar-refractivity contribution >= 4 is 38.5 Å². The van der Waals surface area contributed by atoms with Gasteiger partial charge in [-0.25, -0.2) is 0 Å². The molecule has 0 amide bonds. The molecule has 4 rings (SSSR count). The fourth-order valence-corrected chi connectivity index (χ4v) is 5.88. The van der Waals surface area contributed by atoms with E-state index in [0.29, 0.717) is 28.9 Å². The molecule has 0 radical (unpaired) electrons. The lowest BCUT2D eigenvalue weighted by molar-refractivity contribution is 0.103. The second kappa shape index (κ2) is 12.0. The average Bonchev–Trinajstić information content (AvgIpc) is 2.94. The first-order valence-corrected chi connectivity index (χ1v) is 15.7. The minimum Gasteiger partial charge on any atom is -0.456 e. The van der Waals surface area contributed by atoms with Crippen LogP contribution in [0, 0.1) is 6.92 Å². The van der Waals surface area contributed by atoms with E-state index in [1.54, 1.807) is 36.4 Å². The molecule has 0 aliphatic heterocycles. The van der Waals surface area contributed by atoms with Crippen molar-refractivity contribution < 1.29 is 22.5 Å². The maximum absolute atomic E-state index is 12.9. The minimum atomic E-state index is -4.61. The number of benzene rings is 4. The van der Waals surface area contributed by atoms with E-state index in [-0.39, 0.29) is 16.4 Å². The first-order chi connectivity index (χ1) is 18.6. The first-order valence-electron chi connectivity index (χ1n) is 12.7. The normalized spacial score (nSPS) is 13.1. The van der Waals surface area contributed by atoms with Gasteiger partial charge in [0.25, 0.3) is 10.1 Å². The average molecular weight is 655 g/mol. The molecule has 39 heavy (non-hydrogen) atoms. The van der Waals surface area contributed by atoms with Crippen molar-refractivity contribution in [1.29, 1.82) is 0 Å². The molecule has 4 aromatic rings. The minimum absolute atomic E-state index is 0.0991. The third-order valence-corrected chi connectivity index (χ3v) is 8.58. The summed E-state index contributed by atoms with van der Waals surface area (Å²) in [5.41, 5.74) is 4.20. The molecule has 0 heterocycles. The molecular weight excluding hydrogens is 623 g/mol.